The summed E-state index contributed by atoms with van der Waals surface area (Å²) in [5.41, 5.74) is 0. The molecule has 110 valence electrons. The van der Waals surface area contributed by atoms with E-state index in [1.165, 1.54) is 25.9 Å². The van der Waals surface area contributed by atoms with E-state index in [0.29, 0.717) is 18.9 Å². The quantitative estimate of drug-likeness (QED) is 0.698. The van der Waals surface area contributed by atoms with Crippen molar-refractivity contribution >= 4 is 11.9 Å². The number of carbonyl (C=O) groups excluding carboxylic acids is 1. The Hall–Kier alpha value is -1.10. The molecule has 0 spiro atoms. The number of amides is 1. The summed E-state index contributed by atoms with van der Waals surface area (Å²) in [7, 11) is 0. The highest BCUT2D eigenvalue weighted by molar-refractivity contribution is 5.77. The van der Waals surface area contributed by atoms with E-state index in [9.17, 15) is 9.59 Å². The first-order valence-corrected chi connectivity index (χ1v) is 7.18. The Labute approximate surface area is 115 Å². The van der Waals surface area contributed by atoms with E-state index in [0.717, 1.165) is 6.54 Å². The van der Waals surface area contributed by atoms with Crippen molar-refractivity contribution in [3.8, 4) is 0 Å². The first-order valence-electron chi connectivity index (χ1n) is 7.18. The largest absolute Gasteiger partial charge is 0.481 e. The number of carboxylic acid groups (broad SMARTS) is 1. The highest BCUT2D eigenvalue weighted by atomic mass is 16.4. The van der Waals surface area contributed by atoms with E-state index in [1.807, 2.05) is 0 Å². The molecule has 1 aliphatic rings. The van der Waals surface area contributed by atoms with E-state index in [-0.39, 0.29) is 18.2 Å². The van der Waals surface area contributed by atoms with Gasteiger partial charge in [-0.3, -0.25) is 9.59 Å². The molecular formula is C14H26N2O3. The van der Waals surface area contributed by atoms with Crippen molar-refractivity contribution in [1.29, 1.82) is 0 Å². The fourth-order valence-electron chi connectivity index (χ4n) is 2.52. The van der Waals surface area contributed by atoms with E-state index >= 15 is 0 Å². The first-order chi connectivity index (χ1) is 8.97. The third-order valence-corrected chi connectivity index (χ3v) is 3.47. The van der Waals surface area contributed by atoms with E-state index in [2.05, 4.69) is 17.1 Å². The second-order valence-electron chi connectivity index (χ2n) is 5.82. The lowest BCUT2D eigenvalue weighted by Gasteiger charge is -2.20. The standard InChI is InChI=1S/C14H26N2O3/c1-11(8-14(18)19)7-13(17)15-9-12(2)10-16-5-3-4-6-16/h11-12H,3-10H2,1-2H3,(H,15,17)(H,18,19). The predicted octanol–water partition coefficient (Wildman–Crippen LogP) is 1.34. The minimum atomic E-state index is -0.845. The van der Waals surface area contributed by atoms with Gasteiger partial charge in [0.1, 0.15) is 0 Å². The zero-order valence-electron chi connectivity index (χ0n) is 12.0. The van der Waals surface area contributed by atoms with Crippen LogP contribution in [0.1, 0.15) is 39.5 Å². The fraction of sp³-hybridized carbons (Fsp3) is 0.857. The second-order valence-corrected chi connectivity index (χ2v) is 5.82. The molecule has 1 saturated heterocycles. The average molecular weight is 270 g/mol. The van der Waals surface area contributed by atoms with Crippen LogP contribution in [0.25, 0.3) is 0 Å². The molecule has 1 amide bonds. The van der Waals surface area contributed by atoms with Crippen molar-refractivity contribution in [2.45, 2.75) is 39.5 Å². The van der Waals surface area contributed by atoms with Gasteiger partial charge in [-0.05, 0) is 37.8 Å². The maximum Gasteiger partial charge on any atom is 0.303 e. The minimum absolute atomic E-state index is 0.0398. The van der Waals surface area contributed by atoms with Crippen LogP contribution in [0.15, 0.2) is 0 Å². The van der Waals surface area contributed by atoms with Crippen LogP contribution in [0.5, 0.6) is 0 Å². The molecule has 2 atom stereocenters. The van der Waals surface area contributed by atoms with Gasteiger partial charge in [0, 0.05) is 25.9 Å². The SMILES string of the molecule is CC(CC(=O)O)CC(=O)NCC(C)CN1CCCC1. The lowest BCUT2D eigenvalue weighted by atomic mass is 10.0. The van der Waals surface area contributed by atoms with E-state index in [1.54, 1.807) is 6.92 Å². The molecule has 1 fully saturated rings. The number of hydrogen-bond acceptors (Lipinski definition) is 3. The van der Waals surface area contributed by atoms with Crippen molar-refractivity contribution in [2.75, 3.05) is 26.2 Å². The lowest BCUT2D eigenvalue weighted by molar-refractivity contribution is -0.138. The van der Waals surface area contributed by atoms with Gasteiger partial charge in [0.2, 0.25) is 5.91 Å². The Morgan fingerprint density at radius 3 is 2.37 bits per heavy atom. The van der Waals surface area contributed by atoms with E-state index in [4.69, 9.17) is 5.11 Å². The van der Waals surface area contributed by atoms with Crippen molar-refractivity contribution in [2.24, 2.45) is 11.8 Å². The molecule has 0 bridgehead atoms. The van der Waals surface area contributed by atoms with Crippen LogP contribution in [-0.2, 0) is 9.59 Å². The van der Waals surface area contributed by atoms with Gasteiger partial charge in [0.15, 0.2) is 0 Å². The monoisotopic (exact) mass is 270 g/mol. The maximum absolute atomic E-state index is 11.7. The van der Waals surface area contributed by atoms with Crippen LogP contribution in [0, 0.1) is 11.8 Å². The Morgan fingerprint density at radius 2 is 1.79 bits per heavy atom. The molecule has 1 rings (SSSR count). The molecule has 5 nitrogen and oxygen atoms in total. The molecular weight excluding hydrogens is 244 g/mol. The van der Waals surface area contributed by atoms with Crippen LogP contribution in [0.2, 0.25) is 0 Å². The molecule has 0 saturated carbocycles. The maximum atomic E-state index is 11.7. The van der Waals surface area contributed by atoms with Crippen LogP contribution in [-0.4, -0.2) is 48.1 Å². The highest BCUT2D eigenvalue weighted by Crippen LogP contribution is 2.10. The van der Waals surface area contributed by atoms with Crippen molar-refractivity contribution in [3.05, 3.63) is 0 Å². The van der Waals surface area contributed by atoms with Gasteiger partial charge in [-0.25, -0.2) is 0 Å². The van der Waals surface area contributed by atoms with Crippen molar-refractivity contribution < 1.29 is 14.7 Å². The van der Waals surface area contributed by atoms with Gasteiger partial charge in [-0.2, -0.15) is 0 Å². The van der Waals surface area contributed by atoms with Crippen LogP contribution in [0.3, 0.4) is 0 Å². The summed E-state index contributed by atoms with van der Waals surface area (Å²) in [5, 5.41) is 11.5. The third kappa shape index (κ3) is 7.15. The summed E-state index contributed by atoms with van der Waals surface area (Å²) in [6.07, 6.45) is 2.91. The molecule has 0 aromatic rings. The highest BCUT2D eigenvalue weighted by Gasteiger charge is 2.16. The Balaban J connectivity index is 2.12. The Bertz CT molecular complexity index is 301. The van der Waals surface area contributed by atoms with Crippen LogP contribution in [0.4, 0.5) is 0 Å². The number of aliphatic carboxylic acids is 1. The molecule has 1 heterocycles. The zero-order chi connectivity index (χ0) is 14.3. The molecule has 0 radical (unpaired) electrons. The second kappa shape index (κ2) is 8.15. The molecule has 5 heteroatoms. The van der Waals surface area contributed by atoms with Gasteiger partial charge in [-0.15, -0.1) is 0 Å². The number of nitrogens with zero attached hydrogens (tertiary/aromatic N) is 1. The first kappa shape index (κ1) is 16.0. The third-order valence-electron chi connectivity index (χ3n) is 3.47. The molecule has 0 aliphatic carbocycles. The number of hydrogen-bond donors (Lipinski definition) is 2. The number of nitrogens with one attached hydrogen (secondary N) is 1. The summed E-state index contributed by atoms with van der Waals surface area (Å²) in [5.74, 6) is -0.548. The number of carbonyl (C=O) groups is 2. The lowest BCUT2D eigenvalue weighted by Crippen LogP contribution is -2.35. The summed E-state index contributed by atoms with van der Waals surface area (Å²) in [4.78, 5) is 24.6. The van der Waals surface area contributed by atoms with Gasteiger partial charge in [-0.1, -0.05) is 13.8 Å². The fourth-order valence-corrected chi connectivity index (χ4v) is 2.52. The van der Waals surface area contributed by atoms with Crippen molar-refractivity contribution in [1.82, 2.24) is 10.2 Å². The molecule has 0 aromatic heterocycles. The summed E-state index contributed by atoms with van der Waals surface area (Å²) in [6, 6.07) is 0. The summed E-state index contributed by atoms with van der Waals surface area (Å²) in [6.45, 7) is 7.99. The Morgan fingerprint density at radius 1 is 1.16 bits per heavy atom. The normalized spacial score (nSPS) is 19.1. The Kier molecular flexibility index (Phi) is 6.84. The smallest absolute Gasteiger partial charge is 0.303 e. The average Bonchev–Trinajstić information content (AvgIpc) is 2.77. The van der Waals surface area contributed by atoms with Crippen LogP contribution >= 0.6 is 0 Å². The summed E-state index contributed by atoms with van der Waals surface area (Å²) >= 11 is 0. The van der Waals surface area contributed by atoms with Gasteiger partial charge in [0.05, 0.1) is 0 Å². The van der Waals surface area contributed by atoms with Crippen molar-refractivity contribution in [3.63, 3.8) is 0 Å². The molecule has 0 aromatic carbocycles. The molecule has 19 heavy (non-hydrogen) atoms. The topological polar surface area (TPSA) is 69.6 Å². The minimum Gasteiger partial charge on any atom is -0.481 e. The summed E-state index contributed by atoms with van der Waals surface area (Å²) < 4.78 is 0. The van der Waals surface area contributed by atoms with E-state index < -0.39 is 5.97 Å². The zero-order valence-corrected chi connectivity index (χ0v) is 12.0. The van der Waals surface area contributed by atoms with Gasteiger partial charge < -0.3 is 15.3 Å². The molecule has 2 N–H and O–H groups in total. The molecule has 1 aliphatic heterocycles. The molecule has 2 unspecified atom stereocenters. The predicted molar refractivity (Wildman–Crippen MR) is 73.9 cm³/mol. The number of rotatable bonds is 8. The van der Waals surface area contributed by atoms with Gasteiger partial charge in [0.25, 0.3) is 0 Å². The number of likely N-dealkylation sites (tertiary alicyclic amines) is 1. The van der Waals surface area contributed by atoms with Crippen LogP contribution < -0.4 is 5.32 Å². The number of carboxylic acids is 1. The van der Waals surface area contributed by atoms with Gasteiger partial charge >= 0.3 is 5.97 Å².